The van der Waals surface area contributed by atoms with Crippen molar-refractivity contribution in [1.29, 1.82) is 0 Å². The summed E-state index contributed by atoms with van der Waals surface area (Å²) < 4.78 is -0.504. The van der Waals surface area contributed by atoms with E-state index >= 15 is 0 Å². The Bertz CT molecular complexity index is 480. The second kappa shape index (κ2) is 4.88. The van der Waals surface area contributed by atoms with Crippen LogP contribution in [0.1, 0.15) is 0 Å². The third-order valence-electron chi connectivity index (χ3n) is 1.94. The summed E-state index contributed by atoms with van der Waals surface area (Å²) in [5.41, 5.74) is 7.56. The van der Waals surface area contributed by atoms with Crippen molar-refractivity contribution in [2.75, 3.05) is 5.43 Å². The van der Waals surface area contributed by atoms with E-state index in [4.69, 9.17) is 29.7 Å². The van der Waals surface area contributed by atoms with Crippen molar-refractivity contribution in [3.8, 4) is 0 Å². The molecule has 14 heteroatoms. The number of quaternary nitrogens is 1. The molecule has 1 aliphatic rings. The number of hydrazine groups is 2. The number of anilines is 1. The van der Waals surface area contributed by atoms with Crippen LogP contribution < -0.4 is 38.6 Å². The molecule has 98 valence electrons. The molecule has 11 N–H and O–H groups in total. The van der Waals surface area contributed by atoms with Crippen molar-refractivity contribution in [3.63, 3.8) is 0 Å². The molecule has 2 heterocycles. The maximum Gasteiger partial charge on any atom is 0.386 e. The number of nitrogen functional groups attached to an aromatic ring is 1. The van der Waals surface area contributed by atoms with Crippen LogP contribution in [0.3, 0.4) is 0 Å². The molecule has 0 aromatic carbocycles. The summed E-state index contributed by atoms with van der Waals surface area (Å²) in [5, 5.41) is 10.5. The average Bonchev–Trinajstić information content (AvgIpc) is 2.94. The molecule has 0 amide bonds. The maximum absolute atomic E-state index is 5.97. The fourth-order valence-electron chi connectivity index (χ4n) is 1.06. The highest BCUT2D eigenvalue weighted by molar-refractivity contribution is 7.97. The first-order valence-corrected chi connectivity index (χ1v) is 5.68. The normalized spacial score (nSPS) is 25.0. The molecule has 0 saturated carbocycles. The number of hydrazone groups is 1. The number of hydrogen-bond acceptors (Lipinski definition) is 10. The Labute approximate surface area is 110 Å². The highest BCUT2D eigenvalue weighted by Crippen LogP contribution is 2.14. The lowest BCUT2D eigenvalue weighted by Gasteiger charge is -2.20. The standard InChI is InChI=1S/C4H10N12S2/c5-9-1-8-3(13-11-1)18-15-16(7)2(10-6)12-14-4(16)17/h15H,5-7H2,(H3-,8,9,10,11,12,13,14,17)/p+1. The Morgan fingerprint density at radius 1 is 1.44 bits per heavy atom. The molecule has 2 rings (SSSR count). The Kier molecular flexibility index (Phi) is 3.45. The van der Waals surface area contributed by atoms with Crippen LogP contribution in [0.2, 0.25) is 0 Å². The van der Waals surface area contributed by atoms with Gasteiger partial charge in [0.2, 0.25) is 11.1 Å². The lowest BCUT2D eigenvalue weighted by molar-refractivity contribution is -0.788. The third kappa shape index (κ3) is 2.15. The lowest BCUT2D eigenvalue weighted by atomic mass is 10.9. The Hall–Kier alpha value is -1.71. The summed E-state index contributed by atoms with van der Waals surface area (Å²) >= 11 is 6.04. The SMILES string of the molecule is NN=C1NNC(=S)[N+]1(N)NSc1n[nH]c(NN)n1. The van der Waals surface area contributed by atoms with Crippen LogP contribution in [0.15, 0.2) is 10.3 Å². The minimum Gasteiger partial charge on any atom is -0.316 e. The average molecular weight is 291 g/mol. The predicted molar refractivity (Wildman–Crippen MR) is 68.1 cm³/mol. The smallest absolute Gasteiger partial charge is 0.316 e. The quantitative estimate of drug-likeness (QED) is 0.0925. The van der Waals surface area contributed by atoms with Crippen LogP contribution in [0.4, 0.5) is 5.95 Å². The van der Waals surface area contributed by atoms with Crippen molar-refractivity contribution in [3.05, 3.63) is 0 Å². The topological polar surface area (TPSA) is 180 Å². The van der Waals surface area contributed by atoms with Crippen LogP contribution in [0.25, 0.3) is 0 Å². The molecule has 1 aromatic rings. The first kappa shape index (κ1) is 12.7. The monoisotopic (exact) mass is 291 g/mol. The van der Waals surface area contributed by atoms with Crippen molar-refractivity contribution < 1.29 is 4.70 Å². The molecule has 12 nitrogen and oxygen atoms in total. The van der Waals surface area contributed by atoms with Gasteiger partial charge in [-0.15, -0.1) is 16.0 Å². The Balaban J connectivity index is 2.06. The van der Waals surface area contributed by atoms with Gasteiger partial charge in [0.25, 0.3) is 0 Å². The first-order valence-electron chi connectivity index (χ1n) is 4.46. The number of nitrogens with one attached hydrogen (secondary N) is 5. The number of aromatic nitrogens is 3. The van der Waals surface area contributed by atoms with E-state index in [0.717, 1.165) is 11.9 Å². The fraction of sp³-hybridized carbons (Fsp3) is 0. The largest absolute Gasteiger partial charge is 0.386 e. The Morgan fingerprint density at radius 3 is 2.83 bits per heavy atom. The fourth-order valence-corrected chi connectivity index (χ4v) is 1.93. The van der Waals surface area contributed by atoms with E-state index < -0.39 is 4.70 Å². The summed E-state index contributed by atoms with van der Waals surface area (Å²) in [6, 6.07) is 0. The van der Waals surface area contributed by atoms with E-state index in [-0.39, 0.29) is 11.1 Å². The first-order chi connectivity index (χ1) is 8.60. The van der Waals surface area contributed by atoms with E-state index in [1.165, 1.54) is 0 Å². The second-order valence-corrected chi connectivity index (χ2v) is 4.17. The molecule has 0 radical (unpaired) electrons. The Morgan fingerprint density at radius 2 is 2.22 bits per heavy atom. The molecule has 1 aliphatic heterocycles. The van der Waals surface area contributed by atoms with Crippen molar-refractivity contribution in [2.45, 2.75) is 5.16 Å². The zero-order chi connectivity index (χ0) is 13.2. The number of nitrogens with two attached hydrogens (primary N) is 3. The summed E-state index contributed by atoms with van der Waals surface area (Å²) in [7, 11) is 0. The molecule has 1 aromatic heterocycles. The van der Waals surface area contributed by atoms with Crippen LogP contribution in [-0.2, 0) is 0 Å². The number of rotatable bonds is 4. The van der Waals surface area contributed by atoms with Gasteiger partial charge < -0.3 is 5.84 Å². The number of nitrogens with zero attached hydrogens (tertiary/aromatic N) is 4. The zero-order valence-corrected chi connectivity index (χ0v) is 10.5. The molecule has 1 saturated heterocycles. The summed E-state index contributed by atoms with van der Waals surface area (Å²) in [6.07, 6.45) is 0. The van der Waals surface area contributed by atoms with Crippen LogP contribution in [0.5, 0.6) is 0 Å². The van der Waals surface area contributed by atoms with E-state index in [1.54, 1.807) is 0 Å². The summed E-state index contributed by atoms with van der Waals surface area (Å²) in [6.45, 7) is 0. The van der Waals surface area contributed by atoms with E-state index in [0.29, 0.717) is 11.1 Å². The minimum atomic E-state index is -0.504. The summed E-state index contributed by atoms with van der Waals surface area (Å²) in [4.78, 5) is 6.78. The molecular formula is C4H11N12S2+. The van der Waals surface area contributed by atoms with Crippen LogP contribution in [0, 0.1) is 0 Å². The number of guanidine groups is 1. The molecule has 0 spiro atoms. The van der Waals surface area contributed by atoms with Gasteiger partial charge in [-0.05, 0) is 4.70 Å². The van der Waals surface area contributed by atoms with Crippen molar-refractivity contribution in [1.82, 2.24) is 30.9 Å². The second-order valence-electron chi connectivity index (χ2n) is 3.03. The molecule has 18 heavy (non-hydrogen) atoms. The maximum atomic E-state index is 5.97. The molecular weight excluding hydrogens is 280 g/mol. The van der Waals surface area contributed by atoms with Crippen molar-refractivity contribution >= 4 is 41.2 Å². The molecule has 0 aliphatic carbocycles. The van der Waals surface area contributed by atoms with Gasteiger partial charge >= 0.3 is 11.1 Å². The van der Waals surface area contributed by atoms with Gasteiger partial charge in [0.1, 0.15) is 0 Å². The van der Waals surface area contributed by atoms with Crippen molar-refractivity contribution in [2.24, 2.45) is 22.6 Å². The van der Waals surface area contributed by atoms with Crippen LogP contribution >= 0.6 is 24.2 Å². The highest BCUT2D eigenvalue weighted by Gasteiger charge is 2.45. The third-order valence-corrected chi connectivity index (χ3v) is 3.07. The number of aromatic amines is 1. The highest BCUT2D eigenvalue weighted by atomic mass is 32.2. The molecule has 1 unspecified atom stereocenters. The number of hydrogen-bond donors (Lipinski definition) is 8. The number of H-pyrrole nitrogens is 1. The van der Waals surface area contributed by atoms with Gasteiger partial charge in [0, 0.05) is 12.2 Å². The van der Waals surface area contributed by atoms with Gasteiger partial charge in [0.15, 0.2) is 0 Å². The van der Waals surface area contributed by atoms with E-state index in [1.807, 2.05) is 0 Å². The molecule has 0 bridgehead atoms. The van der Waals surface area contributed by atoms with Gasteiger partial charge in [-0.25, -0.2) is 21.8 Å². The van der Waals surface area contributed by atoms with Crippen LogP contribution in [-0.4, -0.2) is 31.0 Å². The minimum absolute atomic E-state index is 0.195. The van der Waals surface area contributed by atoms with Gasteiger partial charge in [0.05, 0.1) is 11.9 Å². The lowest BCUT2D eigenvalue weighted by Crippen LogP contribution is -2.66. The van der Waals surface area contributed by atoms with E-state index in [2.05, 4.69) is 41.4 Å². The van der Waals surface area contributed by atoms with Gasteiger partial charge in [-0.3, -0.25) is 5.43 Å². The van der Waals surface area contributed by atoms with Gasteiger partial charge in [-0.2, -0.15) is 4.98 Å². The van der Waals surface area contributed by atoms with Gasteiger partial charge in [-0.1, -0.05) is 4.83 Å². The zero-order valence-electron chi connectivity index (χ0n) is 8.84. The van der Waals surface area contributed by atoms with E-state index in [9.17, 15) is 0 Å². The predicted octanol–water partition coefficient (Wildman–Crippen LogP) is -3.09. The number of thiocarbonyl (C=S) groups is 1. The summed E-state index contributed by atoms with van der Waals surface area (Å²) in [5.74, 6) is 16.8. The molecule has 1 fully saturated rings. The molecule has 1 atom stereocenters.